The van der Waals surface area contributed by atoms with E-state index in [0.29, 0.717) is 5.56 Å². The zero-order valence-electron chi connectivity index (χ0n) is 8.55. The van der Waals surface area contributed by atoms with Gasteiger partial charge in [0.05, 0.1) is 6.10 Å². The summed E-state index contributed by atoms with van der Waals surface area (Å²) in [6.45, 7) is 2.06. The van der Waals surface area contributed by atoms with Crippen molar-refractivity contribution < 1.29 is 9.84 Å². The topological polar surface area (TPSA) is 55.2 Å². The molecule has 1 rings (SSSR count). The van der Waals surface area contributed by atoms with Crippen LogP contribution in [0.1, 0.15) is 31.4 Å². The monoisotopic (exact) mass is 196 g/mol. The van der Waals surface area contributed by atoms with Gasteiger partial charge in [0.25, 0.3) is 0 Å². The Kier molecular flexibility index (Phi) is 4.49. The first-order chi connectivity index (χ1) is 6.79. The number of aliphatic hydroxyl groups excluding tert-OH is 1. The van der Waals surface area contributed by atoms with Gasteiger partial charge in [-0.3, -0.25) is 0 Å². The van der Waals surface area contributed by atoms with Crippen LogP contribution in [0.3, 0.4) is 0 Å². The minimum atomic E-state index is -0.638. The highest BCUT2D eigenvalue weighted by Gasteiger charge is 2.19. The molecule has 0 aromatic carbocycles. The van der Waals surface area contributed by atoms with Gasteiger partial charge in [-0.25, -0.2) is 9.97 Å². The first-order valence-electron chi connectivity index (χ1n) is 4.75. The van der Waals surface area contributed by atoms with Crippen LogP contribution in [0.15, 0.2) is 18.7 Å². The first kappa shape index (κ1) is 11.1. The predicted octanol–water partition coefficient (Wildman–Crippen LogP) is 1.33. The van der Waals surface area contributed by atoms with Crippen LogP contribution in [-0.2, 0) is 4.74 Å². The number of rotatable bonds is 5. The standard InChI is InChI=1S/C10H16N2O2/c1-3-4-9(14-2)10(13)8-5-11-7-12-6-8/h5-7,9-10,13H,3-4H2,1-2H3. The number of hydrogen-bond donors (Lipinski definition) is 1. The number of aliphatic hydroxyl groups is 1. The molecule has 0 amide bonds. The van der Waals surface area contributed by atoms with Crippen LogP contribution in [-0.4, -0.2) is 28.3 Å². The number of methoxy groups -OCH3 is 1. The fourth-order valence-corrected chi connectivity index (χ4v) is 1.37. The van der Waals surface area contributed by atoms with E-state index in [1.807, 2.05) is 0 Å². The summed E-state index contributed by atoms with van der Waals surface area (Å²) >= 11 is 0. The van der Waals surface area contributed by atoms with Crippen LogP contribution in [0.2, 0.25) is 0 Å². The van der Waals surface area contributed by atoms with E-state index < -0.39 is 6.10 Å². The molecule has 78 valence electrons. The Bertz CT molecular complexity index is 254. The maximum atomic E-state index is 9.91. The Hall–Kier alpha value is -1.00. The van der Waals surface area contributed by atoms with Crippen molar-refractivity contribution in [2.24, 2.45) is 0 Å². The second-order valence-corrected chi connectivity index (χ2v) is 3.18. The Balaban J connectivity index is 2.67. The van der Waals surface area contributed by atoms with E-state index >= 15 is 0 Å². The van der Waals surface area contributed by atoms with Crippen molar-refractivity contribution in [3.8, 4) is 0 Å². The first-order valence-corrected chi connectivity index (χ1v) is 4.75. The molecule has 0 bridgehead atoms. The van der Waals surface area contributed by atoms with Crippen LogP contribution in [0.5, 0.6) is 0 Å². The second kappa shape index (κ2) is 5.67. The van der Waals surface area contributed by atoms with E-state index in [4.69, 9.17) is 4.74 Å². The molecule has 4 heteroatoms. The molecule has 0 aliphatic carbocycles. The van der Waals surface area contributed by atoms with Crippen molar-refractivity contribution in [2.75, 3.05) is 7.11 Å². The average Bonchev–Trinajstić information content (AvgIpc) is 2.26. The fourth-order valence-electron chi connectivity index (χ4n) is 1.37. The van der Waals surface area contributed by atoms with Gasteiger partial charge in [-0.15, -0.1) is 0 Å². The van der Waals surface area contributed by atoms with Crippen LogP contribution in [0.4, 0.5) is 0 Å². The number of aromatic nitrogens is 2. The zero-order chi connectivity index (χ0) is 10.4. The summed E-state index contributed by atoms with van der Waals surface area (Å²) < 4.78 is 5.20. The summed E-state index contributed by atoms with van der Waals surface area (Å²) in [4.78, 5) is 7.71. The number of hydrogen-bond acceptors (Lipinski definition) is 4. The van der Waals surface area contributed by atoms with Gasteiger partial charge in [0.15, 0.2) is 0 Å². The summed E-state index contributed by atoms with van der Waals surface area (Å²) in [5, 5.41) is 9.91. The molecule has 0 fully saturated rings. The molecule has 1 aromatic rings. The van der Waals surface area contributed by atoms with Gasteiger partial charge < -0.3 is 9.84 Å². The lowest BCUT2D eigenvalue weighted by Gasteiger charge is -2.20. The zero-order valence-corrected chi connectivity index (χ0v) is 8.55. The molecule has 2 unspecified atom stereocenters. The van der Waals surface area contributed by atoms with E-state index in [-0.39, 0.29) is 6.10 Å². The van der Waals surface area contributed by atoms with Crippen LogP contribution in [0.25, 0.3) is 0 Å². The molecular weight excluding hydrogens is 180 g/mol. The van der Waals surface area contributed by atoms with Gasteiger partial charge in [0.1, 0.15) is 12.4 Å². The molecule has 1 aromatic heterocycles. The van der Waals surface area contributed by atoms with E-state index in [9.17, 15) is 5.11 Å². The van der Waals surface area contributed by atoms with Gasteiger partial charge in [-0.2, -0.15) is 0 Å². The minimum absolute atomic E-state index is 0.175. The quantitative estimate of drug-likeness (QED) is 0.771. The molecule has 0 spiro atoms. The number of ether oxygens (including phenoxy) is 1. The van der Waals surface area contributed by atoms with E-state index in [0.717, 1.165) is 12.8 Å². The molecule has 1 heterocycles. The summed E-state index contributed by atoms with van der Waals surface area (Å²) in [6, 6.07) is 0. The Morgan fingerprint density at radius 1 is 1.43 bits per heavy atom. The van der Waals surface area contributed by atoms with E-state index in [1.165, 1.54) is 6.33 Å². The molecule has 0 saturated heterocycles. The van der Waals surface area contributed by atoms with Crippen LogP contribution >= 0.6 is 0 Å². The third-order valence-corrected chi connectivity index (χ3v) is 2.15. The Labute approximate surface area is 84.0 Å². The maximum Gasteiger partial charge on any atom is 0.115 e. The van der Waals surface area contributed by atoms with Gasteiger partial charge in [-0.1, -0.05) is 13.3 Å². The van der Waals surface area contributed by atoms with Crippen molar-refractivity contribution in [2.45, 2.75) is 32.0 Å². The second-order valence-electron chi connectivity index (χ2n) is 3.18. The molecule has 4 nitrogen and oxygen atoms in total. The highest BCUT2D eigenvalue weighted by Crippen LogP contribution is 2.20. The number of nitrogens with zero attached hydrogens (tertiary/aromatic N) is 2. The lowest BCUT2D eigenvalue weighted by molar-refractivity contribution is -0.0182. The molecule has 0 aliphatic heterocycles. The summed E-state index contributed by atoms with van der Waals surface area (Å²) in [5.74, 6) is 0. The molecule has 0 saturated carbocycles. The third-order valence-electron chi connectivity index (χ3n) is 2.15. The Morgan fingerprint density at radius 2 is 2.07 bits per heavy atom. The van der Waals surface area contributed by atoms with Crippen LogP contribution in [0, 0.1) is 0 Å². The summed E-state index contributed by atoms with van der Waals surface area (Å²) in [6.07, 6.45) is 5.65. The molecular formula is C10H16N2O2. The third kappa shape index (κ3) is 2.75. The fraction of sp³-hybridized carbons (Fsp3) is 0.600. The minimum Gasteiger partial charge on any atom is -0.386 e. The normalized spacial score (nSPS) is 15.1. The SMILES string of the molecule is CCCC(OC)C(O)c1cncnc1. The van der Waals surface area contributed by atoms with Crippen LogP contribution < -0.4 is 0 Å². The van der Waals surface area contributed by atoms with Crippen molar-refractivity contribution in [1.29, 1.82) is 0 Å². The van der Waals surface area contributed by atoms with Gasteiger partial charge in [-0.05, 0) is 6.42 Å². The average molecular weight is 196 g/mol. The summed E-state index contributed by atoms with van der Waals surface area (Å²) in [5.41, 5.74) is 0.702. The molecule has 0 radical (unpaired) electrons. The smallest absolute Gasteiger partial charge is 0.115 e. The maximum absolute atomic E-state index is 9.91. The molecule has 14 heavy (non-hydrogen) atoms. The predicted molar refractivity (Wildman–Crippen MR) is 52.7 cm³/mol. The lowest BCUT2D eigenvalue weighted by Crippen LogP contribution is -2.20. The highest BCUT2D eigenvalue weighted by atomic mass is 16.5. The molecule has 2 atom stereocenters. The lowest BCUT2D eigenvalue weighted by atomic mass is 10.0. The van der Waals surface area contributed by atoms with Gasteiger partial charge >= 0.3 is 0 Å². The van der Waals surface area contributed by atoms with Crippen molar-refractivity contribution >= 4 is 0 Å². The van der Waals surface area contributed by atoms with E-state index in [1.54, 1.807) is 19.5 Å². The largest absolute Gasteiger partial charge is 0.386 e. The summed E-state index contributed by atoms with van der Waals surface area (Å²) in [7, 11) is 1.60. The molecule has 0 aliphatic rings. The van der Waals surface area contributed by atoms with E-state index in [2.05, 4.69) is 16.9 Å². The van der Waals surface area contributed by atoms with Crippen molar-refractivity contribution in [1.82, 2.24) is 9.97 Å². The van der Waals surface area contributed by atoms with Crippen molar-refractivity contribution in [3.63, 3.8) is 0 Å². The van der Waals surface area contributed by atoms with Gasteiger partial charge in [0.2, 0.25) is 0 Å². The highest BCUT2D eigenvalue weighted by molar-refractivity contribution is 5.08. The van der Waals surface area contributed by atoms with Crippen molar-refractivity contribution in [3.05, 3.63) is 24.3 Å². The Morgan fingerprint density at radius 3 is 2.57 bits per heavy atom. The molecule has 1 N–H and O–H groups in total. The van der Waals surface area contributed by atoms with Gasteiger partial charge in [0, 0.05) is 25.1 Å².